The first-order valence-electron chi connectivity index (χ1n) is 7.03. The zero-order valence-electron chi connectivity index (χ0n) is 12.3. The van der Waals surface area contributed by atoms with Gasteiger partial charge in [0.05, 0.1) is 0 Å². The minimum Gasteiger partial charge on any atom is -0.362 e. The van der Waals surface area contributed by atoms with E-state index in [-0.39, 0.29) is 5.91 Å². The van der Waals surface area contributed by atoms with Crippen molar-refractivity contribution in [1.82, 2.24) is 5.32 Å². The predicted molar refractivity (Wildman–Crippen MR) is 91.2 cm³/mol. The second-order valence-corrected chi connectivity index (χ2v) is 7.33. The van der Waals surface area contributed by atoms with Gasteiger partial charge in [-0.1, -0.05) is 72.8 Å². The number of hydrogen-bond acceptors (Lipinski definition) is 2. The van der Waals surface area contributed by atoms with E-state index in [1.54, 1.807) is 0 Å². The summed E-state index contributed by atoms with van der Waals surface area (Å²) in [6, 6.07) is 7.63. The molecule has 1 atom stereocenters. The van der Waals surface area contributed by atoms with Crippen molar-refractivity contribution in [3.63, 3.8) is 0 Å². The lowest BCUT2D eigenvalue weighted by molar-refractivity contribution is -0.121. The molecule has 0 aliphatic carbocycles. The van der Waals surface area contributed by atoms with Gasteiger partial charge in [-0.15, -0.1) is 0 Å². The van der Waals surface area contributed by atoms with E-state index in [0.29, 0.717) is 6.42 Å². The van der Waals surface area contributed by atoms with Gasteiger partial charge < -0.3 is 10.6 Å². The van der Waals surface area contributed by atoms with Crippen molar-refractivity contribution >= 4 is 46.4 Å². The van der Waals surface area contributed by atoms with Crippen LogP contribution in [-0.2, 0) is 4.79 Å². The summed E-state index contributed by atoms with van der Waals surface area (Å²) in [5, 5.41) is 5.83. The number of halogens is 3. The van der Waals surface area contributed by atoms with E-state index < -0.39 is 9.96 Å². The van der Waals surface area contributed by atoms with Crippen LogP contribution in [0.4, 0.5) is 5.69 Å². The third kappa shape index (κ3) is 6.77. The molecule has 0 saturated heterocycles. The topological polar surface area (TPSA) is 41.1 Å². The van der Waals surface area contributed by atoms with E-state index in [9.17, 15) is 4.79 Å². The van der Waals surface area contributed by atoms with Crippen molar-refractivity contribution in [3.8, 4) is 0 Å². The maximum Gasteiger partial charge on any atom is 0.228 e. The molecule has 0 fully saturated rings. The number of para-hydroxylation sites is 1. The van der Waals surface area contributed by atoms with Crippen LogP contribution in [0.2, 0.25) is 0 Å². The molecule has 1 aromatic rings. The number of amides is 1. The maximum absolute atomic E-state index is 11.9. The van der Waals surface area contributed by atoms with Crippen LogP contribution in [0, 0.1) is 6.92 Å². The van der Waals surface area contributed by atoms with E-state index >= 15 is 0 Å². The standard InChI is InChI=1S/C15H21Cl3N2O/c1-3-4-5-10-13(21)20-14(15(16,17)18)19-12-9-7-6-8-11(12)2/h6-9,14,19H,3-5,10H2,1-2H3,(H,20,21)/t14-/m0/s1. The number of benzene rings is 1. The first-order chi connectivity index (χ1) is 9.84. The molecular formula is C15H21Cl3N2O. The third-order valence-electron chi connectivity index (χ3n) is 3.08. The molecule has 1 aromatic carbocycles. The number of unbranched alkanes of at least 4 members (excludes halogenated alkanes) is 2. The van der Waals surface area contributed by atoms with Crippen LogP contribution in [0.1, 0.15) is 38.2 Å². The molecule has 2 N–H and O–H groups in total. The van der Waals surface area contributed by atoms with E-state index in [2.05, 4.69) is 17.6 Å². The Balaban J connectivity index is 2.69. The molecule has 0 unspecified atom stereocenters. The van der Waals surface area contributed by atoms with Crippen LogP contribution in [0.3, 0.4) is 0 Å². The lowest BCUT2D eigenvalue weighted by Crippen LogP contribution is -2.49. The van der Waals surface area contributed by atoms with Gasteiger partial charge in [0.25, 0.3) is 0 Å². The van der Waals surface area contributed by atoms with Gasteiger partial charge in [0.15, 0.2) is 0 Å². The van der Waals surface area contributed by atoms with Crippen molar-refractivity contribution in [2.45, 2.75) is 49.5 Å². The third-order valence-corrected chi connectivity index (χ3v) is 3.74. The zero-order valence-corrected chi connectivity index (χ0v) is 14.5. The Morgan fingerprint density at radius 3 is 2.48 bits per heavy atom. The van der Waals surface area contributed by atoms with Gasteiger partial charge in [0, 0.05) is 12.1 Å². The van der Waals surface area contributed by atoms with Crippen LogP contribution < -0.4 is 10.6 Å². The van der Waals surface area contributed by atoms with Crippen molar-refractivity contribution in [1.29, 1.82) is 0 Å². The lowest BCUT2D eigenvalue weighted by atomic mass is 10.2. The first kappa shape index (κ1) is 18.4. The molecule has 3 nitrogen and oxygen atoms in total. The molecule has 0 bridgehead atoms. The Kier molecular flexibility index (Phi) is 7.64. The molecule has 1 rings (SSSR count). The van der Waals surface area contributed by atoms with Gasteiger partial charge in [-0.2, -0.15) is 0 Å². The largest absolute Gasteiger partial charge is 0.362 e. The SMILES string of the molecule is CCCCCC(=O)N[C@H](Nc1ccccc1C)C(Cl)(Cl)Cl. The molecule has 21 heavy (non-hydrogen) atoms. The van der Waals surface area contributed by atoms with Crippen LogP contribution >= 0.6 is 34.8 Å². The number of aryl methyl sites for hydroxylation is 1. The first-order valence-corrected chi connectivity index (χ1v) is 8.16. The molecule has 0 spiro atoms. The molecule has 0 aromatic heterocycles. The highest BCUT2D eigenvalue weighted by molar-refractivity contribution is 6.68. The molecule has 6 heteroatoms. The monoisotopic (exact) mass is 350 g/mol. The average Bonchev–Trinajstić information content (AvgIpc) is 2.39. The number of rotatable bonds is 7. The summed E-state index contributed by atoms with van der Waals surface area (Å²) in [6.45, 7) is 4.03. The van der Waals surface area contributed by atoms with E-state index in [4.69, 9.17) is 34.8 Å². The highest BCUT2D eigenvalue weighted by Gasteiger charge is 2.34. The molecule has 0 radical (unpaired) electrons. The van der Waals surface area contributed by atoms with Crippen LogP contribution in [0.15, 0.2) is 24.3 Å². The molecule has 0 aliphatic heterocycles. The summed E-state index contributed by atoms with van der Waals surface area (Å²) < 4.78 is -1.64. The maximum atomic E-state index is 11.9. The number of nitrogens with one attached hydrogen (secondary N) is 2. The number of anilines is 1. The number of carbonyl (C=O) groups excluding carboxylic acids is 1. The number of carbonyl (C=O) groups is 1. The van der Waals surface area contributed by atoms with Crippen molar-refractivity contribution < 1.29 is 4.79 Å². The molecular weight excluding hydrogens is 331 g/mol. The average molecular weight is 352 g/mol. The second-order valence-electron chi connectivity index (χ2n) is 4.96. The Labute approximate surface area is 141 Å². The molecule has 118 valence electrons. The zero-order chi connectivity index (χ0) is 15.9. The van der Waals surface area contributed by atoms with Crippen LogP contribution in [0.5, 0.6) is 0 Å². The van der Waals surface area contributed by atoms with Crippen molar-refractivity contribution in [2.75, 3.05) is 5.32 Å². The Bertz CT molecular complexity index is 460. The summed E-state index contributed by atoms with van der Waals surface area (Å²) in [5.41, 5.74) is 1.83. The highest BCUT2D eigenvalue weighted by Crippen LogP contribution is 2.31. The normalized spacial score (nSPS) is 12.8. The minimum absolute atomic E-state index is 0.124. The molecule has 0 saturated carbocycles. The Hall–Kier alpha value is -0.640. The summed E-state index contributed by atoms with van der Waals surface area (Å²) in [4.78, 5) is 11.9. The van der Waals surface area contributed by atoms with Gasteiger partial charge >= 0.3 is 0 Å². The van der Waals surface area contributed by atoms with Crippen molar-refractivity contribution in [2.24, 2.45) is 0 Å². The lowest BCUT2D eigenvalue weighted by Gasteiger charge is -2.28. The Morgan fingerprint density at radius 2 is 1.90 bits per heavy atom. The fourth-order valence-corrected chi connectivity index (χ4v) is 2.19. The number of alkyl halides is 3. The van der Waals surface area contributed by atoms with Gasteiger partial charge in [-0.05, 0) is 25.0 Å². The van der Waals surface area contributed by atoms with Gasteiger partial charge in [0.2, 0.25) is 9.70 Å². The number of hydrogen-bond donors (Lipinski definition) is 2. The fourth-order valence-electron chi connectivity index (χ4n) is 1.86. The summed E-state index contributed by atoms with van der Waals surface area (Å²) in [5.74, 6) is -0.124. The molecule has 0 heterocycles. The summed E-state index contributed by atoms with van der Waals surface area (Å²) >= 11 is 17.9. The van der Waals surface area contributed by atoms with Gasteiger partial charge in [-0.3, -0.25) is 4.79 Å². The Morgan fingerprint density at radius 1 is 1.24 bits per heavy atom. The summed E-state index contributed by atoms with van der Waals surface area (Å²) in [7, 11) is 0. The highest BCUT2D eigenvalue weighted by atomic mass is 35.6. The van der Waals surface area contributed by atoms with E-state index in [0.717, 1.165) is 30.5 Å². The summed E-state index contributed by atoms with van der Waals surface area (Å²) in [6.07, 6.45) is 2.55. The van der Waals surface area contributed by atoms with Gasteiger partial charge in [0.1, 0.15) is 6.17 Å². The second kappa shape index (κ2) is 8.72. The van der Waals surface area contributed by atoms with Crippen LogP contribution in [0.25, 0.3) is 0 Å². The quantitative estimate of drug-likeness (QED) is 0.421. The molecule has 1 amide bonds. The van der Waals surface area contributed by atoms with E-state index in [1.807, 2.05) is 31.2 Å². The van der Waals surface area contributed by atoms with E-state index in [1.165, 1.54) is 0 Å². The predicted octanol–water partition coefficient (Wildman–Crippen LogP) is 4.80. The van der Waals surface area contributed by atoms with Crippen LogP contribution in [-0.4, -0.2) is 15.9 Å². The minimum atomic E-state index is -1.64. The smallest absolute Gasteiger partial charge is 0.228 e. The van der Waals surface area contributed by atoms with Gasteiger partial charge in [-0.25, -0.2) is 0 Å². The van der Waals surface area contributed by atoms with Crippen molar-refractivity contribution in [3.05, 3.63) is 29.8 Å². The fraction of sp³-hybridized carbons (Fsp3) is 0.533. The molecule has 0 aliphatic rings.